The van der Waals surface area contributed by atoms with Crippen LogP contribution in [0.4, 0.5) is 10.5 Å². The Morgan fingerprint density at radius 3 is 3.16 bits per heavy atom. The monoisotopic (exact) mass is 259 g/mol. The minimum atomic E-state index is -0.449. The number of nitrogens with one attached hydrogen (secondary N) is 2. The number of fused-ring (bicyclic) bond motifs is 1. The molecule has 0 unspecified atom stereocenters. The minimum Gasteiger partial charge on any atom is -0.453 e. The third-order valence-electron chi connectivity index (χ3n) is 2.78. The van der Waals surface area contributed by atoms with Crippen molar-refractivity contribution < 1.29 is 9.53 Å². The number of aromatic nitrogens is 1. The number of hydrogen-bond donors (Lipinski definition) is 2. The standard InChI is InChI=1S/C12H13N5O2/c1-19-12(18)14-6-5-8-7-15-11-9(8)3-2-4-10(11)16-17-13/h2-4,7,15H,5-6H2,1H3,(H,14,18). The number of benzene rings is 1. The van der Waals surface area contributed by atoms with Crippen molar-refractivity contribution in [3.05, 3.63) is 40.4 Å². The van der Waals surface area contributed by atoms with E-state index in [4.69, 9.17) is 5.53 Å². The molecule has 2 N–H and O–H groups in total. The van der Waals surface area contributed by atoms with Crippen molar-refractivity contribution in [1.82, 2.24) is 10.3 Å². The summed E-state index contributed by atoms with van der Waals surface area (Å²) < 4.78 is 4.50. The number of ether oxygens (including phenoxy) is 1. The molecule has 0 bridgehead atoms. The molecule has 0 saturated heterocycles. The van der Waals surface area contributed by atoms with Crippen molar-refractivity contribution >= 4 is 22.7 Å². The van der Waals surface area contributed by atoms with Crippen LogP contribution in [0.15, 0.2) is 29.5 Å². The SMILES string of the molecule is COC(=O)NCCc1c[nH]c2c(N=[N+]=[N-])cccc12. The van der Waals surface area contributed by atoms with Gasteiger partial charge in [0.15, 0.2) is 0 Å². The number of para-hydroxylation sites is 1. The highest BCUT2D eigenvalue weighted by Gasteiger charge is 2.07. The molecule has 7 heteroatoms. The molecule has 19 heavy (non-hydrogen) atoms. The van der Waals surface area contributed by atoms with Gasteiger partial charge >= 0.3 is 6.09 Å². The fraction of sp³-hybridized carbons (Fsp3) is 0.250. The van der Waals surface area contributed by atoms with Gasteiger partial charge in [-0.1, -0.05) is 23.3 Å². The molecule has 2 aromatic rings. The minimum absolute atomic E-state index is 0.449. The Bertz CT molecular complexity index is 643. The van der Waals surface area contributed by atoms with E-state index in [9.17, 15) is 4.79 Å². The van der Waals surface area contributed by atoms with Gasteiger partial charge in [-0.25, -0.2) is 4.79 Å². The topological polar surface area (TPSA) is 103 Å². The number of H-pyrrole nitrogens is 1. The summed E-state index contributed by atoms with van der Waals surface area (Å²) in [5, 5.41) is 7.23. The highest BCUT2D eigenvalue weighted by atomic mass is 16.5. The molecule has 1 aromatic carbocycles. The van der Waals surface area contributed by atoms with Crippen molar-refractivity contribution in [3.8, 4) is 0 Å². The summed E-state index contributed by atoms with van der Waals surface area (Å²) in [7, 11) is 1.33. The Labute approximate surface area is 109 Å². The van der Waals surface area contributed by atoms with E-state index in [1.807, 2.05) is 18.3 Å². The molecule has 0 atom stereocenters. The summed E-state index contributed by atoms with van der Waals surface area (Å²) in [4.78, 5) is 16.8. The molecular formula is C12H13N5O2. The maximum atomic E-state index is 10.9. The van der Waals surface area contributed by atoms with Crippen molar-refractivity contribution in [2.75, 3.05) is 13.7 Å². The van der Waals surface area contributed by atoms with Gasteiger partial charge in [0.2, 0.25) is 0 Å². The first kappa shape index (κ1) is 12.8. The summed E-state index contributed by atoms with van der Waals surface area (Å²) >= 11 is 0. The summed E-state index contributed by atoms with van der Waals surface area (Å²) in [6.07, 6.45) is 2.06. The smallest absolute Gasteiger partial charge is 0.406 e. The quantitative estimate of drug-likeness (QED) is 0.500. The molecule has 98 valence electrons. The summed E-state index contributed by atoms with van der Waals surface area (Å²) in [6, 6.07) is 5.52. The van der Waals surface area contributed by atoms with E-state index in [0.29, 0.717) is 18.7 Å². The zero-order valence-corrected chi connectivity index (χ0v) is 10.4. The fourth-order valence-electron chi connectivity index (χ4n) is 1.91. The maximum absolute atomic E-state index is 10.9. The van der Waals surface area contributed by atoms with Gasteiger partial charge in [0.25, 0.3) is 0 Å². The van der Waals surface area contributed by atoms with E-state index >= 15 is 0 Å². The molecule has 1 heterocycles. The van der Waals surface area contributed by atoms with E-state index in [0.717, 1.165) is 16.5 Å². The van der Waals surface area contributed by atoms with Crippen molar-refractivity contribution in [2.24, 2.45) is 5.11 Å². The highest BCUT2D eigenvalue weighted by molar-refractivity contribution is 5.92. The Morgan fingerprint density at radius 1 is 1.58 bits per heavy atom. The number of nitrogens with zero attached hydrogens (tertiary/aromatic N) is 3. The van der Waals surface area contributed by atoms with Crippen LogP contribution < -0.4 is 5.32 Å². The van der Waals surface area contributed by atoms with E-state index < -0.39 is 6.09 Å². The Kier molecular flexibility index (Phi) is 3.90. The average Bonchev–Trinajstić information content (AvgIpc) is 2.83. The zero-order chi connectivity index (χ0) is 13.7. The number of rotatable bonds is 4. The molecule has 0 aliphatic rings. The second-order valence-electron chi connectivity index (χ2n) is 3.87. The largest absolute Gasteiger partial charge is 0.453 e. The fourth-order valence-corrected chi connectivity index (χ4v) is 1.91. The predicted molar refractivity (Wildman–Crippen MR) is 71.2 cm³/mol. The third-order valence-corrected chi connectivity index (χ3v) is 2.78. The lowest BCUT2D eigenvalue weighted by Gasteiger charge is -2.03. The van der Waals surface area contributed by atoms with Gasteiger partial charge in [-0.15, -0.1) is 0 Å². The molecule has 0 fully saturated rings. The molecule has 1 amide bonds. The number of alkyl carbamates (subject to hydrolysis) is 1. The van der Waals surface area contributed by atoms with Crippen LogP contribution in [-0.4, -0.2) is 24.7 Å². The number of amides is 1. The van der Waals surface area contributed by atoms with Crippen molar-refractivity contribution in [2.45, 2.75) is 6.42 Å². The highest BCUT2D eigenvalue weighted by Crippen LogP contribution is 2.27. The number of carbonyl (C=O) groups excluding carboxylic acids is 1. The first-order valence-corrected chi connectivity index (χ1v) is 5.72. The Morgan fingerprint density at radius 2 is 2.42 bits per heavy atom. The number of methoxy groups -OCH3 is 1. The van der Waals surface area contributed by atoms with Crippen LogP contribution in [-0.2, 0) is 11.2 Å². The molecule has 0 spiro atoms. The van der Waals surface area contributed by atoms with Crippen molar-refractivity contribution in [1.29, 1.82) is 0 Å². The Balaban J connectivity index is 2.19. The first-order valence-electron chi connectivity index (χ1n) is 5.72. The molecule has 0 saturated carbocycles. The van der Waals surface area contributed by atoms with Crippen LogP contribution in [0.2, 0.25) is 0 Å². The third kappa shape index (κ3) is 2.78. The van der Waals surface area contributed by atoms with Gasteiger partial charge in [-0.2, -0.15) is 0 Å². The predicted octanol–water partition coefficient (Wildman–Crippen LogP) is 3.01. The molecule has 0 aliphatic heterocycles. The molecule has 1 aromatic heterocycles. The van der Waals surface area contributed by atoms with Crippen LogP contribution in [0.5, 0.6) is 0 Å². The van der Waals surface area contributed by atoms with Gasteiger partial charge < -0.3 is 15.0 Å². The molecular weight excluding hydrogens is 246 g/mol. The van der Waals surface area contributed by atoms with Crippen molar-refractivity contribution in [3.63, 3.8) is 0 Å². The average molecular weight is 259 g/mol. The van der Waals surface area contributed by atoms with E-state index in [2.05, 4.69) is 25.1 Å². The second kappa shape index (κ2) is 5.79. The van der Waals surface area contributed by atoms with Crippen LogP contribution in [0.25, 0.3) is 21.3 Å². The summed E-state index contributed by atoms with van der Waals surface area (Å²) in [6.45, 7) is 0.478. The van der Waals surface area contributed by atoms with Gasteiger partial charge in [0.05, 0.1) is 18.3 Å². The summed E-state index contributed by atoms with van der Waals surface area (Å²) in [5.41, 5.74) is 10.9. The number of carbonyl (C=O) groups is 1. The zero-order valence-electron chi connectivity index (χ0n) is 10.4. The first-order chi connectivity index (χ1) is 9.26. The van der Waals surface area contributed by atoms with Gasteiger partial charge in [-0.3, -0.25) is 0 Å². The maximum Gasteiger partial charge on any atom is 0.406 e. The van der Waals surface area contributed by atoms with Gasteiger partial charge in [-0.05, 0) is 17.5 Å². The van der Waals surface area contributed by atoms with Gasteiger partial charge in [0, 0.05) is 23.0 Å². The number of hydrogen-bond acceptors (Lipinski definition) is 3. The lowest BCUT2D eigenvalue weighted by molar-refractivity contribution is 0.171. The van der Waals surface area contributed by atoms with E-state index in [-0.39, 0.29) is 0 Å². The van der Waals surface area contributed by atoms with Crippen LogP contribution >= 0.6 is 0 Å². The summed E-state index contributed by atoms with van der Waals surface area (Å²) in [5.74, 6) is 0. The van der Waals surface area contributed by atoms with Crippen LogP contribution in [0.3, 0.4) is 0 Å². The number of azide groups is 1. The molecule has 7 nitrogen and oxygen atoms in total. The van der Waals surface area contributed by atoms with E-state index in [1.165, 1.54) is 7.11 Å². The Hall–Kier alpha value is -2.66. The normalized spacial score (nSPS) is 9.95. The van der Waals surface area contributed by atoms with Crippen LogP contribution in [0.1, 0.15) is 5.56 Å². The lowest BCUT2D eigenvalue weighted by Crippen LogP contribution is -2.25. The van der Waals surface area contributed by atoms with Crippen LogP contribution in [0, 0.1) is 0 Å². The van der Waals surface area contributed by atoms with E-state index in [1.54, 1.807) is 6.07 Å². The second-order valence-corrected chi connectivity index (χ2v) is 3.87. The molecule has 0 radical (unpaired) electrons. The lowest BCUT2D eigenvalue weighted by atomic mass is 10.1. The molecule has 2 rings (SSSR count). The molecule has 0 aliphatic carbocycles. The van der Waals surface area contributed by atoms with Gasteiger partial charge in [0.1, 0.15) is 0 Å². The number of aromatic amines is 1.